The summed E-state index contributed by atoms with van der Waals surface area (Å²) in [6.07, 6.45) is 1.58. The fourth-order valence-electron chi connectivity index (χ4n) is 3.92. The van der Waals surface area contributed by atoms with Crippen LogP contribution in [-0.4, -0.2) is 47.4 Å². The topological polar surface area (TPSA) is 52.7 Å². The molecule has 1 aromatic carbocycles. The van der Waals surface area contributed by atoms with E-state index >= 15 is 0 Å². The molecule has 3 amide bonds. The van der Waals surface area contributed by atoms with Crippen molar-refractivity contribution >= 4 is 11.9 Å². The lowest BCUT2D eigenvalue weighted by atomic mass is 9.92. The summed E-state index contributed by atoms with van der Waals surface area (Å²) < 4.78 is 0. The quantitative estimate of drug-likeness (QED) is 0.926. The number of piperidine rings is 1. The van der Waals surface area contributed by atoms with Crippen molar-refractivity contribution < 1.29 is 9.59 Å². The molecule has 0 spiro atoms. The molecule has 2 heterocycles. The number of nitrogens with one attached hydrogen (secondary N) is 1. The van der Waals surface area contributed by atoms with Crippen molar-refractivity contribution in [3.05, 3.63) is 35.9 Å². The molecule has 2 aliphatic rings. The predicted molar refractivity (Wildman–Crippen MR) is 93.3 cm³/mol. The van der Waals surface area contributed by atoms with Crippen molar-refractivity contribution in [2.45, 2.75) is 39.3 Å². The number of likely N-dealkylation sites (tertiary alicyclic amines) is 2. The average Bonchev–Trinajstić information content (AvgIpc) is 2.87. The number of carbonyl (C=O) groups is 2. The molecule has 1 N–H and O–H groups in total. The first-order chi connectivity index (χ1) is 11.5. The molecule has 0 radical (unpaired) electrons. The predicted octanol–water partition coefficient (Wildman–Crippen LogP) is 2.48. The van der Waals surface area contributed by atoms with Gasteiger partial charge in [-0.05, 0) is 23.8 Å². The van der Waals surface area contributed by atoms with Gasteiger partial charge < -0.3 is 15.1 Å². The monoisotopic (exact) mass is 329 g/mol. The highest BCUT2D eigenvalue weighted by Gasteiger charge is 2.33. The molecule has 0 aliphatic carbocycles. The van der Waals surface area contributed by atoms with Gasteiger partial charge in [-0.15, -0.1) is 0 Å². The van der Waals surface area contributed by atoms with Crippen LogP contribution in [-0.2, 0) is 11.3 Å². The third-order valence-electron chi connectivity index (χ3n) is 4.91. The van der Waals surface area contributed by atoms with E-state index in [-0.39, 0.29) is 18.0 Å². The number of nitrogens with zero attached hydrogens (tertiary/aromatic N) is 2. The fourth-order valence-corrected chi connectivity index (χ4v) is 3.92. The van der Waals surface area contributed by atoms with E-state index in [1.54, 1.807) is 0 Å². The SMILES string of the molecule is CC1CC(C)CN(C(=O)NC2CC(=O)N(Cc3ccccc3)C2)C1. The Morgan fingerprint density at radius 2 is 1.79 bits per heavy atom. The standard InChI is InChI=1S/C19H27N3O2/c1-14-8-15(2)11-22(10-14)19(24)20-17-9-18(23)21(13-17)12-16-6-4-3-5-7-16/h3-7,14-15,17H,8-13H2,1-2H3,(H,20,24). The Morgan fingerprint density at radius 1 is 1.12 bits per heavy atom. The molecule has 5 nitrogen and oxygen atoms in total. The summed E-state index contributed by atoms with van der Waals surface area (Å²) in [5.74, 6) is 1.20. The van der Waals surface area contributed by atoms with Crippen molar-refractivity contribution in [2.75, 3.05) is 19.6 Å². The van der Waals surface area contributed by atoms with Gasteiger partial charge in [0.1, 0.15) is 0 Å². The van der Waals surface area contributed by atoms with E-state index in [9.17, 15) is 9.59 Å². The number of amides is 3. The van der Waals surface area contributed by atoms with Gasteiger partial charge in [0.15, 0.2) is 0 Å². The zero-order chi connectivity index (χ0) is 17.1. The minimum Gasteiger partial charge on any atom is -0.336 e. The van der Waals surface area contributed by atoms with Gasteiger partial charge in [0.25, 0.3) is 0 Å². The number of carbonyl (C=O) groups excluding carboxylic acids is 2. The molecule has 2 saturated heterocycles. The van der Waals surface area contributed by atoms with Crippen LogP contribution in [0.1, 0.15) is 32.3 Å². The van der Waals surface area contributed by atoms with Crippen LogP contribution in [0.15, 0.2) is 30.3 Å². The van der Waals surface area contributed by atoms with E-state index in [0.717, 1.165) is 18.7 Å². The Labute approximate surface area is 144 Å². The Kier molecular flexibility index (Phi) is 5.07. The van der Waals surface area contributed by atoms with Crippen LogP contribution in [0.2, 0.25) is 0 Å². The summed E-state index contributed by atoms with van der Waals surface area (Å²) in [4.78, 5) is 28.5. The van der Waals surface area contributed by atoms with Gasteiger partial charge in [-0.3, -0.25) is 4.79 Å². The average molecular weight is 329 g/mol. The second-order valence-electron chi connectivity index (χ2n) is 7.46. The molecule has 0 saturated carbocycles. The normalized spacial score (nSPS) is 27.4. The molecule has 0 aromatic heterocycles. The third kappa shape index (κ3) is 4.08. The zero-order valence-corrected chi connectivity index (χ0v) is 14.6. The van der Waals surface area contributed by atoms with Crippen LogP contribution in [0.4, 0.5) is 4.79 Å². The minimum atomic E-state index is -0.0822. The van der Waals surface area contributed by atoms with Crippen LogP contribution < -0.4 is 5.32 Å². The van der Waals surface area contributed by atoms with Gasteiger partial charge >= 0.3 is 6.03 Å². The lowest BCUT2D eigenvalue weighted by molar-refractivity contribution is -0.128. The molecule has 3 rings (SSSR count). The largest absolute Gasteiger partial charge is 0.336 e. The van der Waals surface area contributed by atoms with E-state index in [0.29, 0.717) is 31.3 Å². The van der Waals surface area contributed by atoms with Gasteiger partial charge in [-0.2, -0.15) is 0 Å². The molecule has 130 valence electrons. The van der Waals surface area contributed by atoms with Gasteiger partial charge in [0.2, 0.25) is 5.91 Å². The van der Waals surface area contributed by atoms with E-state index in [1.165, 1.54) is 6.42 Å². The molecule has 1 aromatic rings. The van der Waals surface area contributed by atoms with E-state index in [4.69, 9.17) is 0 Å². The summed E-state index contributed by atoms with van der Waals surface area (Å²) in [7, 11) is 0. The Bertz CT molecular complexity index is 580. The first-order valence-electron chi connectivity index (χ1n) is 8.88. The highest BCUT2D eigenvalue weighted by Crippen LogP contribution is 2.21. The molecule has 2 aliphatic heterocycles. The summed E-state index contributed by atoms with van der Waals surface area (Å²) in [5.41, 5.74) is 1.12. The number of urea groups is 1. The first kappa shape index (κ1) is 16.8. The molecule has 5 heteroatoms. The maximum absolute atomic E-state index is 12.5. The third-order valence-corrected chi connectivity index (χ3v) is 4.91. The Morgan fingerprint density at radius 3 is 2.46 bits per heavy atom. The van der Waals surface area contributed by atoms with E-state index < -0.39 is 0 Å². The summed E-state index contributed by atoms with van der Waals surface area (Å²) in [6.45, 7) is 7.21. The van der Waals surface area contributed by atoms with E-state index in [1.807, 2.05) is 40.1 Å². The Balaban J connectivity index is 1.53. The van der Waals surface area contributed by atoms with Gasteiger partial charge in [-0.1, -0.05) is 44.2 Å². The van der Waals surface area contributed by atoms with Crippen LogP contribution in [0.5, 0.6) is 0 Å². The van der Waals surface area contributed by atoms with Crippen molar-refractivity contribution in [3.8, 4) is 0 Å². The van der Waals surface area contributed by atoms with Crippen molar-refractivity contribution in [3.63, 3.8) is 0 Å². The highest BCUT2D eigenvalue weighted by atomic mass is 16.2. The summed E-state index contributed by atoms with van der Waals surface area (Å²) in [6, 6.07) is 9.88. The maximum atomic E-state index is 12.5. The molecule has 2 fully saturated rings. The molecule has 0 bridgehead atoms. The summed E-state index contributed by atoms with van der Waals surface area (Å²) in [5, 5.41) is 3.06. The van der Waals surface area contributed by atoms with Crippen molar-refractivity contribution in [1.82, 2.24) is 15.1 Å². The van der Waals surface area contributed by atoms with Crippen LogP contribution in [0.25, 0.3) is 0 Å². The molecule has 3 atom stereocenters. The van der Waals surface area contributed by atoms with Crippen LogP contribution in [0, 0.1) is 11.8 Å². The number of hydrogen-bond acceptors (Lipinski definition) is 2. The van der Waals surface area contributed by atoms with Gasteiger partial charge in [0, 0.05) is 32.6 Å². The van der Waals surface area contributed by atoms with E-state index in [2.05, 4.69) is 19.2 Å². The number of rotatable bonds is 3. The van der Waals surface area contributed by atoms with Crippen LogP contribution >= 0.6 is 0 Å². The second kappa shape index (κ2) is 7.24. The lowest BCUT2D eigenvalue weighted by Gasteiger charge is -2.35. The molecular formula is C19H27N3O2. The first-order valence-corrected chi connectivity index (χ1v) is 8.88. The van der Waals surface area contributed by atoms with Gasteiger partial charge in [-0.25, -0.2) is 4.79 Å². The molecule has 3 unspecified atom stereocenters. The van der Waals surface area contributed by atoms with Crippen LogP contribution in [0.3, 0.4) is 0 Å². The van der Waals surface area contributed by atoms with Crippen molar-refractivity contribution in [1.29, 1.82) is 0 Å². The van der Waals surface area contributed by atoms with Crippen molar-refractivity contribution in [2.24, 2.45) is 11.8 Å². The maximum Gasteiger partial charge on any atom is 0.317 e. The summed E-state index contributed by atoms with van der Waals surface area (Å²) >= 11 is 0. The Hall–Kier alpha value is -2.04. The zero-order valence-electron chi connectivity index (χ0n) is 14.6. The van der Waals surface area contributed by atoms with Gasteiger partial charge in [0.05, 0.1) is 6.04 Å². The number of hydrogen-bond donors (Lipinski definition) is 1. The molecule has 24 heavy (non-hydrogen) atoms. The highest BCUT2D eigenvalue weighted by molar-refractivity contribution is 5.81. The fraction of sp³-hybridized carbons (Fsp3) is 0.579. The minimum absolute atomic E-state index is 0.0206. The second-order valence-corrected chi connectivity index (χ2v) is 7.46. The smallest absolute Gasteiger partial charge is 0.317 e. The lowest BCUT2D eigenvalue weighted by Crippen LogP contribution is -2.50. The number of benzene rings is 1. The molecular weight excluding hydrogens is 302 g/mol.